The van der Waals surface area contributed by atoms with Crippen molar-refractivity contribution in [3.63, 3.8) is 0 Å². The Morgan fingerprint density at radius 1 is 1.10 bits per heavy atom. The molecule has 2 aliphatic rings. The molecule has 2 fully saturated rings. The fourth-order valence-corrected chi connectivity index (χ4v) is 5.88. The third-order valence-corrected chi connectivity index (χ3v) is 8.34. The summed E-state index contributed by atoms with van der Waals surface area (Å²) in [5.41, 5.74) is -0.0592. The summed E-state index contributed by atoms with van der Waals surface area (Å²) in [6.45, 7) is 3.42. The molecule has 41 heavy (non-hydrogen) atoms. The average Bonchev–Trinajstić information content (AvgIpc) is 3.36. The number of ether oxygens (including phenoxy) is 1. The Balaban J connectivity index is 1.04. The van der Waals surface area contributed by atoms with Crippen LogP contribution in [0.3, 0.4) is 0 Å². The van der Waals surface area contributed by atoms with Crippen LogP contribution in [-0.2, 0) is 22.3 Å². The molecule has 1 aliphatic carbocycles. The SMILES string of the molecule is CN(c1ccc(C#N)c(C(F)(F)F)c1)[C@H]1CC[C@H](OCC(=O)N2CCN(Cc3cc4cc(Cl)ccc4o3)CC2)CC1. The Kier molecular flexibility index (Phi) is 8.78. The molecule has 0 N–H and O–H groups in total. The van der Waals surface area contributed by atoms with Crippen LogP contribution in [0.15, 0.2) is 46.9 Å². The molecule has 0 unspecified atom stereocenters. The zero-order valence-corrected chi connectivity index (χ0v) is 23.5. The van der Waals surface area contributed by atoms with Crippen LogP contribution in [0, 0.1) is 11.3 Å². The summed E-state index contributed by atoms with van der Waals surface area (Å²) in [6.07, 6.45) is -1.72. The van der Waals surface area contributed by atoms with E-state index in [0.29, 0.717) is 30.3 Å². The highest BCUT2D eigenvalue weighted by Crippen LogP contribution is 2.36. The van der Waals surface area contributed by atoms with Crippen molar-refractivity contribution in [2.75, 3.05) is 44.7 Å². The smallest absolute Gasteiger partial charge is 0.417 e. The number of carbonyl (C=O) groups excluding carboxylic acids is 1. The van der Waals surface area contributed by atoms with E-state index in [1.165, 1.54) is 6.07 Å². The van der Waals surface area contributed by atoms with E-state index in [1.54, 1.807) is 25.2 Å². The van der Waals surface area contributed by atoms with Gasteiger partial charge in [-0.25, -0.2) is 0 Å². The van der Waals surface area contributed by atoms with Gasteiger partial charge in [0.05, 0.1) is 29.8 Å². The van der Waals surface area contributed by atoms with Gasteiger partial charge in [-0.2, -0.15) is 18.4 Å². The predicted octanol–water partition coefficient (Wildman–Crippen LogP) is 6.09. The van der Waals surface area contributed by atoms with Gasteiger partial charge in [0.1, 0.15) is 18.0 Å². The number of nitrogens with zero attached hydrogens (tertiary/aromatic N) is 4. The lowest BCUT2D eigenvalue weighted by molar-refractivity contribution is -0.140. The Bertz CT molecular complexity index is 1420. The predicted molar refractivity (Wildman–Crippen MR) is 150 cm³/mol. The summed E-state index contributed by atoms with van der Waals surface area (Å²) in [6, 6.07) is 13.1. The quantitative estimate of drug-likeness (QED) is 0.333. The number of anilines is 1. The number of alkyl halides is 3. The van der Waals surface area contributed by atoms with Gasteiger partial charge in [0.15, 0.2) is 0 Å². The van der Waals surface area contributed by atoms with Gasteiger partial charge in [-0.15, -0.1) is 0 Å². The Morgan fingerprint density at radius 2 is 1.83 bits per heavy atom. The molecular formula is C30H32ClF3N4O3. The van der Waals surface area contributed by atoms with E-state index in [9.17, 15) is 18.0 Å². The second-order valence-corrected chi connectivity index (χ2v) is 11.2. The summed E-state index contributed by atoms with van der Waals surface area (Å²) in [7, 11) is 1.78. The average molecular weight is 589 g/mol. The highest BCUT2D eigenvalue weighted by Gasteiger charge is 2.35. The topological polar surface area (TPSA) is 73.0 Å². The second-order valence-electron chi connectivity index (χ2n) is 10.7. The molecule has 11 heteroatoms. The fraction of sp³-hybridized carbons (Fsp3) is 0.467. The number of fused-ring (bicyclic) bond motifs is 1. The van der Waals surface area contributed by atoms with E-state index in [1.807, 2.05) is 28.0 Å². The van der Waals surface area contributed by atoms with E-state index in [-0.39, 0.29) is 30.2 Å². The molecule has 1 saturated carbocycles. The van der Waals surface area contributed by atoms with Crippen molar-refractivity contribution in [1.29, 1.82) is 5.26 Å². The van der Waals surface area contributed by atoms with Gasteiger partial charge in [-0.1, -0.05) is 11.6 Å². The van der Waals surface area contributed by atoms with Crippen LogP contribution in [0.5, 0.6) is 0 Å². The molecule has 2 aromatic carbocycles. The van der Waals surface area contributed by atoms with Crippen LogP contribution in [0.2, 0.25) is 5.02 Å². The van der Waals surface area contributed by atoms with Crippen LogP contribution in [0.1, 0.15) is 42.6 Å². The number of carbonyl (C=O) groups is 1. The Labute approximate surface area is 242 Å². The van der Waals surface area contributed by atoms with Crippen molar-refractivity contribution in [3.05, 3.63) is 64.4 Å². The van der Waals surface area contributed by atoms with Crippen molar-refractivity contribution >= 4 is 34.2 Å². The molecule has 1 aliphatic heterocycles. The first kappa shape index (κ1) is 29.2. The number of hydrogen-bond donors (Lipinski definition) is 0. The Hall–Kier alpha value is -3.26. The van der Waals surface area contributed by atoms with E-state index in [0.717, 1.165) is 61.6 Å². The minimum absolute atomic E-state index is 0.0278. The first-order valence-electron chi connectivity index (χ1n) is 13.7. The van der Waals surface area contributed by atoms with E-state index in [4.69, 9.17) is 26.0 Å². The molecule has 0 radical (unpaired) electrons. The lowest BCUT2D eigenvalue weighted by Gasteiger charge is -2.37. The number of amides is 1. The maximum absolute atomic E-state index is 13.4. The van der Waals surface area contributed by atoms with Crippen LogP contribution in [0.25, 0.3) is 11.0 Å². The molecule has 0 bridgehead atoms. The van der Waals surface area contributed by atoms with E-state index in [2.05, 4.69) is 4.90 Å². The third-order valence-electron chi connectivity index (χ3n) is 8.10. The number of hydrogen-bond acceptors (Lipinski definition) is 6. The summed E-state index contributed by atoms with van der Waals surface area (Å²) >= 11 is 6.07. The standard InChI is InChI=1S/C30H32ClF3N4O3/c1-36(24-4-2-20(17-35)27(16-24)30(32,33)34)23-5-7-25(8-6-23)40-19-29(39)38-12-10-37(11-13-38)18-26-15-21-14-22(31)3-9-28(21)41-26/h2-4,9,14-16,23,25H,5-8,10-13,18-19H2,1H3/t23-,25-. The number of benzene rings is 2. The number of halogens is 4. The lowest BCUT2D eigenvalue weighted by Crippen LogP contribution is -2.49. The van der Waals surface area contributed by atoms with Gasteiger partial charge >= 0.3 is 6.18 Å². The summed E-state index contributed by atoms with van der Waals surface area (Å²) in [5, 5.41) is 10.7. The Morgan fingerprint density at radius 3 is 2.51 bits per heavy atom. The largest absolute Gasteiger partial charge is 0.460 e. The highest BCUT2D eigenvalue weighted by molar-refractivity contribution is 6.31. The molecule has 0 spiro atoms. The van der Waals surface area contributed by atoms with Gasteiger partial charge in [0.2, 0.25) is 5.91 Å². The van der Waals surface area contributed by atoms with Gasteiger partial charge < -0.3 is 19.0 Å². The summed E-state index contributed by atoms with van der Waals surface area (Å²) in [4.78, 5) is 18.7. The molecule has 0 atom stereocenters. The minimum Gasteiger partial charge on any atom is -0.460 e. The normalized spacial score (nSPS) is 20.2. The second kappa shape index (κ2) is 12.3. The highest BCUT2D eigenvalue weighted by atomic mass is 35.5. The maximum Gasteiger partial charge on any atom is 0.417 e. The maximum atomic E-state index is 13.4. The first-order valence-corrected chi connectivity index (χ1v) is 14.1. The lowest BCUT2D eigenvalue weighted by atomic mass is 9.91. The molecule has 5 rings (SSSR count). The number of furan rings is 1. The van der Waals surface area contributed by atoms with Gasteiger partial charge in [0.25, 0.3) is 0 Å². The third kappa shape index (κ3) is 6.97. The van der Waals surface area contributed by atoms with Gasteiger partial charge in [-0.3, -0.25) is 9.69 Å². The summed E-state index contributed by atoms with van der Waals surface area (Å²) < 4.78 is 52.0. The zero-order chi connectivity index (χ0) is 29.1. The van der Waals surface area contributed by atoms with Crippen molar-refractivity contribution in [1.82, 2.24) is 9.80 Å². The van der Waals surface area contributed by atoms with Crippen LogP contribution in [-0.4, -0.2) is 67.7 Å². The monoisotopic (exact) mass is 588 g/mol. The van der Waals surface area contributed by atoms with Crippen LogP contribution in [0.4, 0.5) is 18.9 Å². The molecule has 3 aromatic rings. The molecule has 1 amide bonds. The van der Waals surface area contributed by atoms with Gasteiger partial charge in [0, 0.05) is 55.4 Å². The fourth-order valence-electron chi connectivity index (χ4n) is 5.70. The van der Waals surface area contributed by atoms with E-state index >= 15 is 0 Å². The zero-order valence-electron chi connectivity index (χ0n) is 22.8. The van der Waals surface area contributed by atoms with E-state index < -0.39 is 11.7 Å². The van der Waals surface area contributed by atoms with Crippen molar-refractivity contribution in [2.24, 2.45) is 0 Å². The number of piperazine rings is 1. The molecule has 7 nitrogen and oxygen atoms in total. The van der Waals surface area contributed by atoms with Crippen molar-refractivity contribution in [2.45, 2.75) is 50.6 Å². The number of rotatable bonds is 7. The molecule has 1 aromatic heterocycles. The summed E-state index contributed by atoms with van der Waals surface area (Å²) in [5.74, 6) is 0.839. The molecular weight excluding hydrogens is 557 g/mol. The first-order chi connectivity index (χ1) is 19.6. The molecule has 1 saturated heterocycles. The molecule has 2 heterocycles. The number of nitriles is 1. The van der Waals surface area contributed by atoms with Gasteiger partial charge in [-0.05, 0) is 68.1 Å². The van der Waals surface area contributed by atoms with Crippen molar-refractivity contribution in [3.8, 4) is 6.07 Å². The van der Waals surface area contributed by atoms with Crippen molar-refractivity contribution < 1.29 is 27.1 Å². The van der Waals surface area contributed by atoms with Crippen LogP contribution >= 0.6 is 11.6 Å². The molecule has 218 valence electrons. The van der Waals surface area contributed by atoms with Crippen LogP contribution < -0.4 is 4.90 Å². The minimum atomic E-state index is -4.59.